The summed E-state index contributed by atoms with van der Waals surface area (Å²) in [6, 6.07) is -0.805. The zero-order valence-electron chi connectivity index (χ0n) is 59.4. The molecular weight excluding hydrogens is 1120 g/mol. The molecule has 1 amide bonds. The van der Waals surface area contributed by atoms with Crippen molar-refractivity contribution >= 4 is 11.9 Å². The van der Waals surface area contributed by atoms with E-state index in [9.17, 15) is 35.1 Å². The quantitative estimate of drug-likeness (QED) is 0.0195. The lowest BCUT2D eigenvalue weighted by molar-refractivity contribution is -0.302. The van der Waals surface area contributed by atoms with E-state index in [1.54, 1.807) is 6.08 Å². The molecule has 1 saturated heterocycles. The van der Waals surface area contributed by atoms with Crippen molar-refractivity contribution < 1.29 is 49.3 Å². The van der Waals surface area contributed by atoms with Crippen LogP contribution in [0.4, 0.5) is 0 Å². The highest BCUT2D eigenvalue weighted by atomic mass is 16.7. The second kappa shape index (κ2) is 68.5. The number of rotatable bonds is 71. The van der Waals surface area contributed by atoms with Crippen LogP contribution in [-0.2, 0) is 23.8 Å². The second-order valence-corrected chi connectivity index (χ2v) is 27.8. The summed E-state index contributed by atoms with van der Waals surface area (Å²) >= 11 is 0. The van der Waals surface area contributed by atoms with Gasteiger partial charge in [-0.1, -0.05) is 359 Å². The number of aliphatic hydroxyl groups is 5. The van der Waals surface area contributed by atoms with E-state index in [-0.39, 0.29) is 18.5 Å². The van der Waals surface area contributed by atoms with Gasteiger partial charge < -0.3 is 45.1 Å². The van der Waals surface area contributed by atoms with E-state index in [4.69, 9.17) is 14.2 Å². The summed E-state index contributed by atoms with van der Waals surface area (Å²) in [5.74, 6) is -0.158. The predicted octanol–water partition coefficient (Wildman–Crippen LogP) is 21.1. The molecule has 90 heavy (non-hydrogen) atoms. The lowest BCUT2D eigenvalue weighted by Gasteiger charge is -2.40. The largest absolute Gasteiger partial charge is 0.466 e. The third-order valence-corrected chi connectivity index (χ3v) is 19.1. The predicted molar refractivity (Wildman–Crippen MR) is 380 cm³/mol. The van der Waals surface area contributed by atoms with Crippen LogP contribution in [-0.4, -0.2) is 100 Å². The molecular formula is C79H151NO10. The van der Waals surface area contributed by atoms with E-state index in [1.807, 2.05) is 6.08 Å². The number of aliphatic hydroxyl groups excluding tert-OH is 5. The Hall–Kier alpha value is -1.86. The lowest BCUT2D eigenvalue weighted by Crippen LogP contribution is -2.60. The average Bonchev–Trinajstić information content (AvgIpc) is 0.983. The Kier molecular flexibility index (Phi) is 65.6. The third kappa shape index (κ3) is 56.5. The van der Waals surface area contributed by atoms with Gasteiger partial charge in [0.25, 0.3) is 0 Å². The Bertz CT molecular complexity index is 1540. The molecule has 0 aromatic heterocycles. The van der Waals surface area contributed by atoms with Gasteiger partial charge in [-0.05, 0) is 57.8 Å². The topological polar surface area (TPSA) is 175 Å². The van der Waals surface area contributed by atoms with Crippen molar-refractivity contribution in [2.45, 2.75) is 448 Å². The van der Waals surface area contributed by atoms with Gasteiger partial charge in [0.2, 0.25) is 5.91 Å². The summed E-state index contributed by atoms with van der Waals surface area (Å²) in [6.07, 6.45) is 78.1. The Morgan fingerprint density at radius 3 is 1.07 bits per heavy atom. The molecule has 1 aliphatic heterocycles. The molecule has 1 aliphatic rings. The number of amides is 1. The first-order chi connectivity index (χ1) is 44.2. The minimum Gasteiger partial charge on any atom is -0.466 e. The van der Waals surface area contributed by atoms with E-state index in [0.29, 0.717) is 19.4 Å². The van der Waals surface area contributed by atoms with E-state index in [2.05, 4.69) is 31.3 Å². The van der Waals surface area contributed by atoms with Gasteiger partial charge in [0, 0.05) is 12.8 Å². The van der Waals surface area contributed by atoms with Crippen LogP contribution < -0.4 is 5.32 Å². The Morgan fingerprint density at radius 2 is 0.711 bits per heavy atom. The van der Waals surface area contributed by atoms with Gasteiger partial charge >= 0.3 is 5.97 Å². The molecule has 7 atom stereocenters. The first-order valence-electron chi connectivity index (χ1n) is 39.6. The van der Waals surface area contributed by atoms with Crippen molar-refractivity contribution in [3.8, 4) is 0 Å². The van der Waals surface area contributed by atoms with Crippen LogP contribution in [0.2, 0.25) is 0 Å². The number of allylic oxidation sites excluding steroid dienone is 3. The maximum atomic E-state index is 13.0. The first-order valence-corrected chi connectivity index (χ1v) is 39.6. The van der Waals surface area contributed by atoms with Crippen LogP contribution >= 0.6 is 0 Å². The molecule has 0 aromatic carbocycles. The number of ether oxygens (including phenoxy) is 3. The minimum absolute atomic E-state index is 0.0198. The maximum absolute atomic E-state index is 13.0. The van der Waals surface area contributed by atoms with Gasteiger partial charge in [-0.3, -0.25) is 9.59 Å². The summed E-state index contributed by atoms with van der Waals surface area (Å²) in [5.41, 5.74) is 0. The van der Waals surface area contributed by atoms with Crippen molar-refractivity contribution in [1.82, 2.24) is 5.32 Å². The fourth-order valence-electron chi connectivity index (χ4n) is 12.8. The maximum Gasteiger partial charge on any atom is 0.305 e. The molecule has 6 N–H and O–H groups in total. The fourth-order valence-corrected chi connectivity index (χ4v) is 12.8. The molecule has 0 saturated carbocycles. The molecule has 11 nitrogen and oxygen atoms in total. The highest BCUT2D eigenvalue weighted by molar-refractivity contribution is 5.76. The molecule has 1 fully saturated rings. The molecule has 11 heteroatoms. The van der Waals surface area contributed by atoms with E-state index in [0.717, 1.165) is 51.4 Å². The number of carbonyl (C=O) groups is 2. The highest BCUT2D eigenvalue weighted by Gasteiger charge is 2.44. The number of esters is 1. The summed E-state index contributed by atoms with van der Waals surface area (Å²) < 4.78 is 16.7. The summed E-state index contributed by atoms with van der Waals surface area (Å²) in [5, 5.41) is 54.3. The second-order valence-electron chi connectivity index (χ2n) is 27.8. The number of hydrogen-bond donors (Lipinski definition) is 6. The van der Waals surface area contributed by atoms with Crippen LogP contribution in [0.25, 0.3) is 0 Å². The number of unbranched alkanes of at least 4 members (excludes halogenated alkanes) is 55. The van der Waals surface area contributed by atoms with Crippen LogP contribution in [0.15, 0.2) is 24.3 Å². The summed E-state index contributed by atoms with van der Waals surface area (Å²) in [4.78, 5) is 25.1. The van der Waals surface area contributed by atoms with Crippen LogP contribution in [0.3, 0.4) is 0 Å². The van der Waals surface area contributed by atoms with Gasteiger partial charge in [0.1, 0.15) is 24.4 Å². The van der Waals surface area contributed by atoms with Crippen molar-refractivity contribution in [1.29, 1.82) is 0 Å². The number of nitrogens with one attached hydrogen (secondary N) is 1. The zero-order chi connectivity index (χ0) is 65.1. The van der Waals surface area contributed by atoms with Crippen molar-refractivity contribution in [3.05, 3.63) is 24.3 Å². The standard InChI is InChI=1S/C79H151NO10/c1-3-5-7-9-11-13-14-15-44-47-51-55-59-63-67-75(84)88-68-64-60-56-52-48-45-42-40-38-36-34-32-30-28-26-24-22-20-18-16-17-19-21-23-25-27-29-31-33-35-37-39-41-43-46-50-54-58-62-66-74(83)80-71(72(82)65-61-57-53-49-12-10-8-6-4-2)70-89-79-78(87)77(86)76(85)73(69-81)90-79/h16-17,61,65,71-73,76-79,81-82,85-87H,3-15,18-60,62-64,66-70H2,1-2H3,(H,80,83)/b17-16-,65-61+. The average molecular weight is 1280 g/mol. The smallest absolute Gasteiger partial charge is 0.305 e. The normalized spacial score (nSPS) is 17.7. The van der Waals surface area contributed by atoms with Crippen LogP contribution in [0, 0.1) is 0 Å². The van der Waals surface area contributed by atoms with Gasteiger partial charge in [-0.2, -0.15) is 0 Å². The van der Waals surface area contributed by atoms with Crippen LogP contribution in [0.5, 0.6) is 0 Å². The lowest BCUT2D eigenvalue weighted by atomic mass is 9.99. The fraction of sp³-hybridized carbons (Fsp3) is 0.924. The minimum atomic E-state index is -1.57. The van der Waals surface area contributed by atoms with E-state index >= 15 is 0 Å². The summed E-state index contributed by atoms with van der Waals surface area (Å²) in [7, 11) is 0. The Labute approximate surface area is 556 Å². The van der Waals surface area contributed by atoms with Gasteiger partial charge in [-0.15, -0.1) is 0 Å². The number of carbonyl (C=O) groups excluding carboxylic acids is 2. The first kappa shape index (κ1) is 86.2. The SMILES string of the molecule is CCCCCCCCC/C=C/C(O)C(COC1OC(CO)C(O)C(O)C1O)NC(=O)CCCCCCCCCCCCCCCCCCC/C=C\CCCCCCCCCCCCCCCCCCCCOC(=O)CCCCCCCCCCCCCCCC. The Balaban J connectivity index is 1.85. The van der Waals surface area contributed by atoms with Crippen molar-refractivity contribution in [2.24, 2.45) is 0 Å². The molecule has 0 bridgehead atoms. The number of hydrogen-bond acceptors (Lipinski definition) is 10. The Morgan fingerprint density at radius 1 is 0.400 bits per heavy atom. The highest BCUT2D eigenvalue weighted by Crippen LogP contribution is 2.24. The van der Waals surface area contributed by atoms with Gasteiger partial charge in [0.15, 0.2) is 6.29 Å². The molecule has 532 valence electrons. The van der Waals surface area contributed by atoms with Crippen LogP contribution in [0.1, 0.15) is 406 Å². The van der Waals surface area contributed by atoms with E-state index in [1.165, 1.54) is 327 Å². The van der Waals surface area contributed by atoms with Crippen molar-refractivity contribution in [2.75, 3.05) is 19.8 Å². The molecule has 0 radical (unpaired) electrons. The molecule has 7 unspecified atom stereocenters. The monoisotopic (exact) mass is 1270 g/mol. The summed E-state index contributed by atoms with van der Waals surface area (Å²) in [6.45, 7) is 4.37. The van der Waals surface area contributed by atoms with E-state index < -0.39 is 49.5 Å². The third-order valence-electron chi connectivity index (χ3n) is 19.1. The molecule has 0 aliphatic carbocycles. The van der Waals surface area contributed by atoms with Gasteiger partial charge in [0.05, 0.1) is 32.0 Å². The molecule has 0 spiro atoms. The van der Waals surface area contributed by atoms with Crippen molar-refractivity contribution in [3.63, 3.8) is 0 Å². The van der Waals surface area contributed by atoms with Gasteiger partial charge in [-0.25, -0.2) is 0 Å². The molecule has 1 rings (SSSR count). The molecule has 1 heterocycles. The molecule has 0 aromatic rings. The zero-order valence-corrected chi connectivity index (χ0v) is 59.4.